The molecule has 0 radical (unpaired) electrons. The number of nitrogens with one attached hydrogen (secondary N) is 1. The molecule has 1 heterocycles. The van der Waals surface area contributed by atoms with Gasteiger partial charge in [-0.05, 0) is 43.0 Å². The molecule has 16 heavy (non-hydrogen) atoms. The van der Waals surface area contributed by atoms with E-state index in [1.807, 2.05) is 18.2 Å². The second-order valence-corrected chi connectivity index (χ2v) is 4.91. The van der Waals surface area contributed by atoms with Crippen LogP contribution in [0, 0.1) is 0 Å². The van der Waals surface area contributed by atoms with E-state index < -0.39 is 0 Å². The van der Waals surface area contributed by atoms with Crippen LogP contribution in [0.3, 0.4) is 0 Å². The maximum atomic E-state index is 10.0. The average Bonchev–Trinajstić information content (AvgIpc) is 2.52. The fraction of sp³-hybridized carbons (Fsp3) is 0.385. The number of aromatic nitrogens is 1. The molecule has 2 aromatic rings. The number of aryl methyl sites for hydroxylation is 1. The molecule has 0 saturated carbocycles. The molecule has 1 aromatic carbocycles. The summed E-state index contributed by atoms with van der Waals surface area (Å²) in [7, 11) is 0. The highest BCUT2D eigenvalue weighted by Crippen LogP contribution is 2.34. The Morgan fingerprint density at radius 2 is 2.19 bits per heavy atom. The second-order valence-electron chi connectivity index (χ2n) is 4.47. The van der Waals surface area contributed by atoms with Gasteiger partial charge in [-0.2, -0.15) is 0 Å². The van der Waals surface area contributed by atoms with E-state index in [1.165, 1.54) is 10.9 Å². The van der Waals surface area contributed by atoms with Crippen molar-refractivity contribution in [3.63, 3.8) is 0 Å². The molecule has 3 heteroatoms. The molecule has 2 nitrogen and oxygen atoms in total. The van der Waals surface area contributed by atoms with Crippen LogP contribution < -0.4 is 0 Å². The van der Waals surface area contributed by atoms with Crippen LogP contribution in [0.15, 0.2) is 18.2 Å². The molecule has 84 valence electrons. The lowest BCUT2D eigenvalue weighted by Gasteiger charge is -2.05. The zero-order chi connectivity index (χ0) is 11.1. The van der Waals surface area contributed by atoms with Gasteiger partial charge in [0.15, 0.2) is 0 Å². The number of halogens is 1. The van der Waals surface area contributed by atoms with Gasteiger partial charge in [-0.3, -0.25) is 0 Å². The van der Waals surface area contributed by atoms with Crippen LogP contribution in [0.2, 0.25) is 5.02 Å². The van der Waals surface area contributed by atoms with Crippen molar-refractivity contribution in [2.45, 2.75) is 31.8 Å². The number of aromatic amines is 1. The van der Waals surface area contributed by atoms with Crippen LogP contribution in [0.25, 0.3) is 10.9 Å². The van der Waals surface area contributed by atoms with Crippen LogP contribution in [-0.4, -0.2) is 10.1 Å². The molecule has 0 aliphatic heterocycles. The van der Waals surface area contributed by atoms with E-state index in [0.717, 1.165) is 41.9 Å². The van der Waals surface area contributed by atoms with Gasteiger partial charge in [0.05, 0.1) is 6.10 Å². The van der Waals surface area contributed by atoms with Crippen molar-refractivity contribution in [3.05, 3.63) is 34.5 Å². The Hall–Kier alpha value is -0.990. The van der Waals surface area contributed by atoms with Crippen molar-refractivity contribution in [2.24, 2.45) is 0 Å². The SMILES string of the molecule is O[C@@H]1CCCCc2c1[nH]c1ccc(Cl)cc21. The normalized spacial score (nSPS) is 20.8. The number of aliphatic hydroxyl groups is 1. The molecule has 0 amide bonds. The van der Waals surface area contributed by atoms with Crippen molar-refractivity contribution in [3.8, 4) is 0 Å². The summed E-state index contributed by atoms with van der Waals surface area (Å²) in [5.74, 6) is 0. The first-order valence-corrected chi connectivity index (χ1v) is 6.11. The quantitative estimate of drug-likeness (QED) is 0.673. The summed E-state index contributed by atoms with van der Waals surface area (Å²) in [6.45, 7) is 0. The minimum Gasteiger partial charge on any atom is -0.387 e. The number of rotatable bonds is 0. The highest BCUT2D eigenvalue weighted by atomic mass is 35.5. The summed E-state index contributed by atoms with van der Waals surface area (Å²) in [4.78, 5) is 3.32. The Morgan fingerprint density at radius 3 is 3.06 bits per heavy atom. The predicted molar refractivity (Wildman–Crippen MR) is 65.8 cm³/mol. The van der Waals surface area contributed by atoms with Crippen LogP contribution in [0.4, 0.5) is 0 Å². The topological polar surface area (TPSA) is 36.0 Å². The first-order chi connectivity index (χ1) is 7.75. The molecule has 1 aliphatic rings. The van der Waals surface area contributed by atoms with E-state index in [-0.39, 0.29) is 6.10 Å². The first-order valence-electron chi connectivity index (χ1n) is 5.74. The lowest BCUT2D eigenvalue weighted by atomic mass is 10.1. The Morgan fingerprint density at radius 1 is 1.31 bits per heavy atom. The molecule has 2 N–H and O–H groups in total. The fourth-order valence-electron chi connectivity index (χ4n) is 2.58. The summed E-state index contributed by atoms with van der Waals surface area (Å²) >= 11 is 6.02. The third kappa shape index (κ3) is 1.53. The molecule has 1 aromatic heterocycles. The predicted octanol–water partition coefficient (Wildman–Crippen LogP) is 3.58. The Bertz CT molecular complexity index is 532. The van der Waals surface area contributed by atoms with E-state index >= 15 is 0 Å². The molecular weight excluding hydrogens is 222 g/mol. The summed E-state index contributed by atoms with van der Waals surface area (Å²) in [6.07, 6.45) is 3.78. The lowest BCUT2D eigenvalue weighted by molar-refractivity contribution is 0.163. The zero-order valence-electron chi connectivity index (χ0n) is 8.96. The van der Waals surface area contributed by atoms with Gasteiger partial charge in [0.1, 0.15) is 0 Å². The molecule has 0 saturated heterocycles. The number of aliphatic hydroxyl groups excluding tert-OH is 1. The van der Waals surface area contributed by atoms with Crippen molar-refractivity contribution in [1.29, 1.82) is 0 Å². The van der Waals surface area contributed by atoms with Gasteiger partial charge in [0.25, 0.3) is 0 Å². The summed E-state index contributed by atoms with van der Waals surface area (Å²) in [6, 6.07) is 5.86. The molecule has 3 rings (SSSR count). The smallest absolute Gasteiger partial charge is 0.0940 e. The maximum absolute atomic E-state index is 10.0. The largest absolute Gasteiger partial charge is 0.387 e. The Kier molecular flexibility index (Phi) is 2.41. The average molecular weight is 236 g/mol. The van der Waals surface area contributed by atoms with Gasteiger partial charge in [-0.15, -0.1) is 0 Å². The number of H-pyrrole nitrogens is 1. The minimum absolute atomic E-state index is 0.344. The van der Waals surface area contributed by atoms with Gasteiger partial charge >= 0.3 is 0 Å². The van der Waals surface area contributed by atoms with Gasteiger partial charge in [-0.25, -0.2) is 0 Å². The zero-order valence-corrected chi connectivity index (χ0v) is 9.72. The van der Waals surface area contributed by atoms with Crippen LogP contribution in [0.1, 0.15) is 36.6 Å². The number of fused-ring (bicyclic) bond motifs is 3. The van der Waals surface area contributed by atoms with Gasteiger partial charge in [0, 0.05) is 21.6 Å². The highest BCUT2D eigenvalue weighted by Gasteiger charge is 2.20. The van der Waals surface area contributed by atoms with Crippen molar-refractivity contribution in [2.75, 3.05) is 0 Å². The summed E-state index contributed by atoms with van der Waals surface area (Å²) in [5.41, 5.74) is 3.33. The van der Waals surface area contributed by atoms with Crippen molar-refractivity contribution >= 4 is 22.5 Å². The van der Waals surface area contributed by atoms with Crippen LogP contribution in [0.5, 0.6) is 0 Å². The van der Waals surface area contributed by atoms with Crippen LogP contribution in [-0.2, 0) is 6.42 Å². The van der Waals surface area contributed by atoms with E-state index in [2.05, 4.69) is 4.98 Å². The minimum atomic E-state index is -0.344. The van der Waals surface area contributed by atoms with Crippen LogP contribution >= 0.6 is 11.6 Å². The third-order valence-corrected chi connectivity index (χ3v) is 3.62. The fourth-order valence-corrected chi connectivity index (χ4v) is 2.75. The Balaban J connectivity index is 2.26. The Labute approximate surface area is 99.2 Å². The van der Waals surface area contributed by atoms with Crippen molar-refractivity contribution in [1.82, 2.24) is 4.98 Å². The second kappa shape index (κ2) is 3.79. The third-order valence-electron chi connectivity index (χ3n) is 3.39. The maximum Gasteiger partial charge on any atom is 0.0940 e. The molecule has 0 fully saturated rings. The molecule has 1 atom stereocenters. The van der Waals surface area contributed by atoms with E-state index in [1.54, 1.807) is 0 Å². The monoisotopic (exact) mass is 235 g/mol. The molecule has 0 spiro atoms. The van der Waals surface area contributed by atoms with E-state index in [9.17, 15) is 5.11 Å². The number of hydrogen-bond acceptors (Lipinski definition) is 1. The van der Waals surface area contributed by atoms with E-state index in [0.29, 0.717) is 0 Å². The molecule has 0 unspecified atom stereocenters. The standard InChI is InChI=1S/C13H14ClNO/c14-8-5-6-11-10(7-8)9-3-1-2-4-12(16)13(9)15-11/h5-7,12,15-16H,1-4H2/t12-/m1/s1. The summed E-state index contributed by atoms with van der Waals surface area (Å²) in [5, 5.41) is 12.0. The van der Waals surface area contributed by atoms with Gasteiger partial charge < -0.3 is 10.1 Å². The van der Waals surface area contributed by atoms with Gasteiger partial charge in [0.2, 0.25) is 0 Å². The van der Waals surface area contributed by atoms with Crippen molar-refractivity contribution < 1.29 is 5.11 Å². The molecule has 1 aliphatic carbocycles. The van der Waals surface area contributed by atoms with Gasteiger partial charge in [-0.1, -0.05) is 18.0 Å². The lowest BCUT2D eigenvalue weighted by Crippen LogP contribution is -1.97. The summed E-state index contributed by atoms with van der Waals surface area (Å²) < 4.78 is 0. The molecule has 0 bridgehead atoms. The van der Waals surface area contributed by atoms with E-state index in [4.69, 9.17) is 11.6 Å². The number of benzene rings is 1. The molecular formula is C13H14ClNO. The number of hydrogen-bond donors (Lipinski definition) is 2. The highest BCUT2D eigenvalue weighted by molar-refractivity contribution is 6.31. The first kappa shape index (κ1) is 10.2.